The number of carbonyl (C=O) groups is 2. The van der Waals surface area contributed by atoms with E-state index in [0.717, 1.165) is 5.75 Å². The average molecular weight is 285 g/mol. The number of carboxylic acid groups (broad SMARTS) is 1. The van der Waals surface area contributed by atoms with Crippen molar-refractivity contribution in [1.82, 2.24) is 5.32 Å². The summed E-state index contributed by atoms with van der Waals surface area (Å²) < 4.78 is 5.07. The Morgan fingerprint density at radius 3 is 2.58 bits per heavy atom. The Morgan fingerprint density at radius 2 is 2.11 bits per heavy atom. The summed E-state index contributed by atoms with van der Waals surface area (Å²) in [7, 11) is 0. The summed E-state index contributed by atoms with van der Waals surface area (Å²) in [6.07, 6.45) is 0. The summed E-state index contributed by atoms with van der Waals surface area (Å²) in [5.41, 5.74) is 0. The van der Waals surface area contributed by atoms with Gasteiger partial charge in [0.15, 0.2) is 0 Å². The van der Waals surface area contributed by atoms with Crippen LogP contribution in [-0.4, -0.2) is 28.0 Å². The van der Waals surface area contributed by atoms with Gasteiger partial charge in [-0.05, 0) is 23.8 Å². The lowest BCUT2D eigenvalue weighted by Crippen LogP contribution is -2.35. The van der Waals surface area contributed by atoms with Crippen LogP contribution in [0.15, 0.2) is 16.5 Å². The third-order valence-corrected chi connectivity index (χ3v) is 3.97. The molecule has 0 saturated carbocycles. The molecule has 19 heavy (non-hydrogen) atoms. The van der Waals surface area contributed by atoms with Gasteiger partial charge in [0.1, 0.15) is 5.76 Å². The lowest BCUT2D eigenvalue weighted by atomic mass is 10.1. The van der Waals surface area contributed by atoms with E-state index in [0.29, 0.717) is 5.76 Å². The molecule has 0 fully saturated rings. The number of rotatable bonds is 7. The molecule has 0 bridgehead atoms. The minimum Gasteiger partial charge on any atom is -0.475 e. The third-order valence-electron chi connectivity index (χ3n) is 2.52. The van der Waals surface area contributed by atoms with Crippen molar-refractivity contribution in [2.24, 2.45) is 5.92 Å². The first-order chi connectivity index (χ1) is 8.95. The molecule has 1 unspecified atom stereocenters. The van der Waals surface area contributed by atoms with Gasteiger partial charge in [-0.1, -0.05) is 20.8 Å². The zero-order chi connectivity index (χ0) is 14.4. The van der Waals surface area contributed by atoms with Gasteiger partial charge in [-0.25, -0.2) is 4.79 Å². The topological polar surface area (TPSA) is 79.5 Å². The molecule has 6 heteroatoms. The van der Waals surface area contributed by atoms with Gasteiger partial charge < -0.3 is 14.8 Å². The highest BCUT2D eigenvalue weighted by Gasteiger charge is 2.22. The number of carbonyl (C=O) groups excluding carboxylic acids is 1. The van der Waals surface area contributed by atoms with Gasteiger partial charge in [-0.2, -0.15) is 0 Å². The number of aromatic carboxylic acids is 1. The molecule has 2 N–H and O–H groups in total. The van der Waals surface area contributed by atoms with Crippen LogP contribution in [-0.2, 0) is 11.3 Å². The Bertz CT molecular complexity index is 442. The van der Waals surface area contributed by atoms with Crippen LogP contribution in [0.1, 0.15) is 37.1 Å². The summed E-state index contributed by atoms with van der Waals surface area (Å²) in [5.74, 6) is 0.285. The smallest absolute Gasteiger partial charge is 0.371 e. The van der Waals surface area contributed by atoms with Gasteiger partial charge in [0, 0.05) is 0 Å². The highest BCUT2D eigenvalue weighted by Crippen LogP contribution is 2.19. The lowest BCUT2D eigenvalue weighted by Gasteiger charge is -2.18. The van der Waals surface area contributed by atoms with Gasteiger partial charge >= 0.3 is 5.97 Å². The van der Waals surface area contributed by atoms with E-state index in [9.17, 15) is 9.59 Å². The maximum absolute atomic E-state index is 12.0. The number of amides is 1. The van der Waals surface area contributed by atoms with Crippen molar-refractivity contribution >= 4 is 23.6 Å². The number of carboxylic acids is 1. The predicted octanol–water partition coefficient (Wildman–Crippen LogP) is 2.37. The molecule has 1 rings (SSSR count). The fourth-order valence-electron chi connectivity index (χ4n) is 1.61. The van der Waals surface area contributed by atoms with Gasteiger partial charge in [-0.15, -0.1) is 11.8 Å². The van der Waals surface area contributed by atoms with Gasteiger partial charge in [-0.3, -0.25) is 4.79 Å². The fourth-order valence-corrected chi connectivity index (χ4v) is 2.59. The summed E-state index contributed by atoms with van der Waals surface area (Å²) in [6.45, 7) is 6.23. The predicted molar refractivity (Wildman–Crippen MR) is 74.3 cm³/mol. The monoisotopic (exact) mass is 285 g/mol. The van der Waals surface area contributed by atoms with Crippen LogP contribution in [0.5, 0.6) is 0 Å². The SMILES string of the molecule is CCSC(C(=O)NCc1ccc(C(=O)O)o1)C(C)C. The molecule has 1 heterocycles. The molecule has 0 aliphatic rings. The minimum absolute atomic E-state index is 0.0462. The van der Waals surface area contributed by atoms with E-state index in [1.165, 1.54) is 6.07 Å². The molecular formula is C13H19NO4S. The van der Waals surface area contributed by atoms with Crippen LogP contribution in [0.2, 0.25) is 0 Å². The van der Waals surface area contributed by atoms with Gasteiger partial charge in [0.2, 0.25) is 11.7 Å². The molecular weight excluding hydrogens is 266 g/mol. The van der Waals surface area contributed by atoms with E-state index in [4.69, 9.17) is 9.52 Å². The maximum atomic E-state index is 12.0. The number of nitrogens with one attached hydrogen (secondary N) is 1. The van der Waals surface area contributed by atoms with Crippen LogP contribution in [0.4, 0.5) is 0 Å². The normalized spacial score (nSPS) is 12.4. The van der Waals surface area contributed by atoms with E-state index in [1.807, 2.05) is 20.8 Å². The van der Waals surface area contributed by atoms with E-state index in [1.54, 1.807) is 17.8 Å². The molecule has 106 valence electrons. The lowest BCUT2D eigenvalue weighted by molar-refractivity contribution is -0.121. The Labute approximate surface area is 116 Å². The first-order valence-corrected chi connectivity index (χ1v) is 7.21. The average Bonchev–Trinajstić information content (AvgIpc) is 2.81. The molecule has 0 saturated heterocycles. The molecule has 0 radical (unpaired) electrons. The van der Waals surface area contributed by atoms with E-state index < -0.39 is 5.97 Å². The first-order valence-electron chi connectivity index (χ1n) is 6.17. The van der Waals surface area contributed by atoms with Crippen molar-refractivity contribution in [3.63, 3.8) is 0 Å². The van der Waals surface area contributed by atoms with Crippen LogP contribution >= 0.6 is 11.8 Å². The number of hydrogen-bond acceptors (Lipinski definition) is 4. The summed E-state index contributed by atoms with van der Waals surface area (Å²) in [4.78, 5) is 22.6. The van der Waals surface area contributed by atoms with E-state index in [-0.39, 0.29) is 29.4 Å². The maximum Gasteiger partial charge on any atom is 0.371 e. The van der Waals surface area contributed by atoms with Gasteiger partial charge in [0.05, 0.1) is 11.8 Å². The number of furan rings is 1. The molecule has 1 amide bonds. The minimum atomic E-state index is -1.11. The second-order valence-electron chi connectivity index (χ2n) is 4.41. The highest BCUT2D eigenvalue weighted by atomic mass is 32.2. The second-order valence-corrected chi connectivity index (χ2v) is 5.83. The number of hydrogen-bond donors (Lipinski definition) is 2. The van der Waals surface area contributed by atoms with Crippen LogP contribution < -0.4 is 5.32 Å². The summed E-state index contributed by atoms with van der Waals surface area (Å²) in [5, 5.41) is 11.4. The van der Waals surface area contributed by atoms with Crippen LogP contribution in [0.3, 0.4) is 0 Å². The quantitative estimate of drug-likeness (QED) is 0.804. The zero-order valence-corrected chi connectivity index (χ0v) is 12.1. The Hall–Kier alpha value is -1.43. The summed E-state index contributed by atoms with van der Waals surface area (Å²) >= 11 is 1.60. The van der Waals surface area contributed by atoms with Crippen molar-refractivity contribution in [3.05, 3.63) is 23.7 Å². The largest absolute Gasteiger partial charge is 0.475 e. The van der Waals surface area contributed by atoms with Crippen molar-refractivity contribution in [3.8, 4) is 0 Å². The Morgan fingerprint density at radius 1 is 1.42 bits per heavy atom. The van der Waals surface area contributed by atoms with Crippen molar-refractivity contribution < 1.29 is 19.1 Å². The first kappa shape index (κ1) is 15.6. The summed E-state index contributed by atoms with van der Waals surface area (Å²) in [6, 6.07) is 2.94. The molecule has 0 aliphatic heterocycles. The number of thioether (sulfide) groups is 1. The Kier molecular flexibility index (Phi) is 5.95. The standard InChI is InChI=1S/C13H19NO4S/c1-4-19-11(8(2)3)12(15)14-7-9-5-6-10(18-9)13(16)17/h5-6,8,11H,4,7H2,1-3H3,(H,14,15)(H,16,17). The van der Waals surface area contributed by atoms with Crippen molar-refractivity contribution in [2.75, 3.05) is 5.75 Å². The van der Waals surface area contributed by atoms with E-state index in [2.05, 4.69) is 5.32 Å². The van der Waals surface area contributed by atoms with E-state index >= 15 is 0 Å². The fraction of sp³-hybridized carbons (Fsp3) is 0.538. The van der Waals surface area contributed by atoms with Crippen LogP contribution in [0.25, 0.3) is 0 Å². The Balaban J connectivity index is 2.54. The highest BCUT2D eigenvalue weighted by molar-refractivity contribution is 8.00. The zero-order valence-electron chi connectivity index (χ0n) is 11.3. The second kappa shape index (κ2) is 7.23. The molecule has 0 aromatic carbocycles. The third kappa shape index (κ3) is 4.63. The van der Waals surface area contributed by atoms with Crippen molar-refractivity contribution in [2.45, 2.75) is 32.6 Å². The molecule has 0 aliphatic carbocycles. The van der Waals surface area contributed by atoms with Crippen molar-refractivity contribution in [1.29, 1.82) is 0 Å². The molecule has 1 aromatic rings. The molecule has 5 nitrogen and oxygen atoms in total. The van der Waals surface area contributed by atoms with Crippen LogP contribution in [0, 0.1) is 5.92 Å². The molecule has 0 spiro atoms. The van der Waals surface area contributed by atoms with Gasteiger partial charge in [0.25, 0.3) is 0 Å². The molecule has 1 atom stereocenters. The molecule has 1 aromatic heterocycles.